The SMILES string of the molecule is CC(O)CC(C)(C)CNC(=O)c1ccnc(-n2cncn2)c1. The summed E-state index contributed by atoms with van der Waals surface area (Å²) in [6.45, 7) is 6.25. The van der Waals surface area contributed by atoms with Gasteiger partial charge in [0, 0.05) is 18.3 Å². The fourth-order valence-electron chi connectivity index (χ4n) is 2.30. The maximum absolute atomic E-state index is 12.3. The van der Waals surface area contributed by atoms with Crippen molar-refractivity contribution < 1.29 is 9.90 Å². The Balaban J connectivity index is 2.03. The molecule has 0 aromatic carbocycles. The monoisotopic (exact) mass is 303 g/mol. The summed E-state index contributed by atoms with van der Waals surface area (Å²) >= 11 is 0. The molecule has 1 amide bonds. The zero-order valence-electron chi connectivity index (χ0n) is 13.0. The van der Waals surface area contributed by atoms with E-state index in [9.17, 15) is 9.90 Å². The molecule has 0 spiro atoms. The Kier molecular flexibility index (Phi) is 4.87. The van der Waals surface area contributed by atoms with Gasteiger partial charge in [-0.2, -0.15) is 5.10 Å². The molecule has 0 aliphatic rings. The fourth-order valence-corrected chi connectivity index (χ4v) is 2.30. The Hall–Kier alpha value is -2.28. The summed E-state index contributed by atoms with van der Waals surface area (Å²) in [6, 6.07) is 3.31. The molecule has 2 rings (SSSR count). The highest BCUT2D eigenvalue weighted by molar-refractivity contribution is 5.94. The Morgan fingerprint density at radius 2 is 2.27 bits per heavy atom. The maximum atomic E-state index is 12.3. The standard InChI is InChI=1S/C15H21N5O2/c1-11(21)7-15(2,3)8-18-14(22)12-4-5-17-13(6-12)20-10-16-9-19-20/h4-6,9-11,21H,7-8H2,1-3H3,(H,18,22). The molecule has 0 aliphatic heterocycles. The number of rotatable bonds is 6. The molecule has 118 valence electrons. The van der Waals surface area contributed by atoms with Crippen molar-refractivity contribution in [2.45, 2.75) is 33.3 Å². The number of nitrogens with zero attached hydrogens (tertiary/aromatic N) is 4. The van der Waals surface area contributed by atoms with Crippen LogP contribution in [0.3, 0.4) is 0 Å². The lowest BCUT2D eigenvalue weighted by Gasteiger charge is -2.26. The fraction of sp³-hybridized carbons (Fsp3) is 0.467. The first-order valence-corrected chi connectivity index (χ1v) is 7.15. The number of carbonyl (C=O) groups is 1. The summed E-state index contributed by atoms with van der Waals surface area (Å²) in [7, 11) is 0. The third kappa shape index (κ3) is 4.36. The molecule has 0 saturated carbocycles. The number of hydrogen-bond donors (Lipinski definition) is 2. The van der Waals surface area contributed by atoms with Crippen LogP contribution in [0.15, 0.2) is 31.0 Å². The largest absolute Gasteiger partial charge is 0.393 e. The predicted octanol–water partition coefficient (Wildman–Crippen LogP) is 1.19. The quantitative estimate of drug-likeness (QED) is 0.836. The molecule has 22 heavy (non-hydrogen) atoms. The number of carbonyl (C=O) groups excluding carboxylic acids is 1. The van der Waals surface area contributed by atoms with E-state index in [1.54, 1.807) is 25.3 Å². The van der Waals surface area contributed by atoms with Gasteiger partial charge in [0.15, 0.2) is 5.82 Å². The van der Waals surface area contributed by atoms with Gasteiger partial charge >= 0.3 is 0 Å². The first kappa shape index (κ1) is 16.1. The van der Waals surface area contributed by atoms with E-state index in [-0.39, 0.29) is 11.3 Å². The second kappa shape index (κ2) is 6.65. The molecule has 0 fully saturated rings. The molecule has 2 N–H and O–H groups in total. The van der Waals surface area contributed by atoms with Gasteiger partial charge in [-0.15, -0.1) is 0 Å². The number of amides is 1. The lowest BCUT2D eigenvalue weighted by atomic mass is 9.87. The summed E-state index contributed by atoms with van der Waals surface area (Å²) in [5, 5.41) is 16.4. The van der Waals surface area contributed by atoms with Crippen LogP contribution in [-0.2, 0) is 0 Å². The average molecular weight is 303 g/mol. The number of nitrogens with one attached hydrogen (secondary N) is 1. The number of aromatic nitrogens is 4. The van der Waals surface area contributed by atoms with Crippen molar-refractivity contribution >= 4 is 5.91 Å². The maximum Gasteiger partial charge on any atom is 0.251 e. The summed E-state index contributed by atoms with van der Waals surface area (Å²) in [6.07, 6.45) is 4.72. The van der Waals surface area contributed by atoms with Crippen LogP contribution in [0.25, 0.3) is 5.82 Å². The molecule has 2 aromatic rings. The van der Waals surface area contributed by atoms with E-state index in [4.69, 9.17) is 0 Å². The van der Waals surface area contributed by atoms with E-state index in [1.807, 2.05) is 13.8 Å². The van der Waals surface area contributed by atoms with Gasteiger partial charge in [-0.05, 0) is 30.9 Å². The molecule has 0 bridgehead atoms. The van der Waals surface area contributed by atoms with Gasteiger partial charge in [-0.3, -0.25) is 4.79 Å². The molecular formula is C15H21N5O2. The van der Waals surface area contributed by atoms with Crippen molar-refractivity contribution in [3.05, 3.63) is 36.5 Å². The van der Waals surface area contributed by atoms with E-state index in [0.29, 0.717) is 24.3 Å². The van der Waals surface area contributed by atoms with Gasteiger partial charge in [0.2, 0.25) is 0 Å². The lowest BCUT2D eigenvalue weighted by Crippen LogP contribution is -2.35. The minimum atomic E-state index is -0.397. The Morgan fingerprint density at radius 1 is 1.50 bits per heavy atom. The van der Waals surface area contributed by atoms with Gasteiger partial charge in [0.25, 0.3) is 5.91 Å². The Morgan fingerprint density at radius 3 is 2.91 bits per heavy atom. The van der Waals surface area contributed by atoms with Gasteiger partial charge in [0.1, 0.15) is 12.7 Å². The van der Waals surface area contributed by atoms with E-state index in [0.717, 1.165) is 0 Å². The molecule has 2 aromatic heterocycles. The minimum Gasteiger partial charge on any atom is -0.393 e. The molecule has 1 unspecified atom stereocenters. The number of aliphatic hydroxyl groups excluding tert-OH is 1. The number of pyridine rings is 1. The van der Waals surface area contributed by atoms with Gasteiger partial charge < -0.3 is 10.4 Å². The zero-order valence-corrected chi connectivity index (χ0v) is 13.0. The normalized spacial score (nSPS) is 12.9. The highest BCUT2D eigenvalue weighted by Crippen LogP contribution is 2.21. The van der Waals surface area contributed by atoms with Crippen LogP contribution >= 0.6 is 0 Å². The van der Waals surface area contributed by atoms with E-state index >= 15 is 0 Å². The van der Waals surface area contributed by atoms with E-state index in [1.165, 1.54) is 17.3 Å². The van der Waals surface area contributed by atoms with Gasteiger partial charge in [0.05, 0.1) is 6.10 Å². The molecule has 2 heterocycles. The van der Waals surface area contributed by atoms with Gasteiger partial charge in [-0.1, -0.05) is 13.8 Å². The van der Waals surface area contributed by atoms with Crippen LogP contribution in [-0.4, -0.2) is 43.4 Å². The molecule has 0 aliphatic carbocycles. The van der Waals surface area contributed by atoms with Crippen molar-refractivity contribution in [3.63, 3.8) is 0 Å². The van der Waals surface area contributed by atoms with Crippen LogP contribution in [0.2, 0.25) is 0 Å². The summed E-state index contributed by atoms with van der Waals surface area (Å²) in [5.74, 6) is 0.357. The van der Waals surface area contributed by atoms with Crippen molar-refractivity contribution in [1.29, 1.82) is 0 Å². The van der Waals surface area contributed by atoms with E-state index in [2.05, 4.69) is 20.4 Å². The molecule has 1 atom stereocenters. The highest BCUT2D eigenvalue weighted by Gasteiger charge is 2.21. The summed E-state index contributed by atoms with van der Waals surface area (Å²) < 4.78 is 1.49. The number of aliphatic hydroxyl groups is 1. The third-order valence-corrected chi connectivity index (χ3v) is 3.24. The van der Waals surface area contributed by atoms with Crippen molar-refractivity contribution in [2.24, 2.45) is 5.41 Å². The Labute approximate surface area is 129 Å². The summed E-state index contributed by atoms with van der Waals surface area (Å²) in [4.78, 5) is 20.3. The van der Waals surface area contributed by atoms with Crippen LogP contribution in [0, 0.1) is 5.41 Å². The highest BCUT2D eigenvalue weighted by atomic mass is 16.3. The zero-order chi connectivity index (χ0) is 16.2. The third-order valence-electron chi connectivity index (χ3n) is 3.24. The van der Waals surface area contributed by atoms with Crippen LogP contribution < -0.4 is 5.32 Å². The molecule has 0 saturated heterocycles. The second-order valence-electron chi connectivity index (χ2n) is 6.14. The van der Waals surface area contributed by atoms with Crippen LogP contribution in [0.4, 0.5) is 0 Å². The lowest BCUT2D eigenvalue weighted by molar-refractivity contribution is 0.0902. The summed E-state index contributed by atoms with van der Waals surface area (Å²) in [5.41, 5.74) is 0.333. The van der Waals surface area contributed by atoms with Crippen molar-refractivity contribution in [3.8, 4) is 5.82 Å². The molecule has 7 heteroatoms. The second-order valence-corrected chi connectivity index (χ2v) is 6.14. The predicted molar refractivity (Wildman–Crippen MR) is 81.6 cm³/mol. The van der Waals surface area contributed by atoms with Crippen LogP contribution in [0.5, 0.6) is 0 Å². The van der Waals surface area contributed by atoms with Crippen LogP contribution in [0.1, 0.15) is 37.6 Å². The molecule has 0 radical (unpaired) electrons. The average Bonchev–Trinajstić information content (AvgIpc) is 2.98. The van der Waals surface area contributed by atoms with Crippen molar-refractivity contribution in [1.82, 2.24) is 25.1 Å². The smallest absolute Gasteiger partial charge is 0.251 e. The number of hydrogen-bond acceptors (Lipinski definition) is 5. The topological polar surface area (TPSA) is 92.9 Å². The minimum absolute atomic E-state index is 0.175. The Bertz CT molecular complexity index is 623. The van der Waals surface area contributed by atoms with Gasteiger partial charge in [-0.25, -0.2) is 14.6 Å². The molecule has 7 nitrogen and oxygen atoms in total. The first-order chi connectivity index (χ1) is 10.4. The van der Waals surface area contributed by atoms with Crippen molar-refractivity contribution in [2.75, 3.05) is 6.54 Å². The van der Waals surface area contributed by atoms with E-state index < -0.39 is 6.10 Å². The first-order valence-electron chi connectivity index (χ1n) is 7.15. The molecular weight excluding hydrogens is 282 g/mol.